The first-order valence-electron chi connectivity index (χ1n) is 11.9. The third kappa shape index (κ3) is 4.78. The van der Waals surface area contributed by atoms with Crippen LogP contribution in [0.3, 0.4) is 0 Å². The van der Waals surface area contributed by atoms with Crippen molar-refractivity contribution < 1.29 is 14.4 Å². The molecule has 2 aromatic heterocycles. The van der Waals surface area contributed by atoms with Crippen LogP contribution in [0.4, 0.5) is 0 Å². The van der Waals surface area contributed by atoms with E-state index in [1.54, 1.807) is 18.0 Å². The molecule has 2 aliphatic rings. The lowest BCUT2D eigenvalue weighted by atomic mass is 10.0. The number of aromatic amines is 1. The van der Waals surface area contributed by atoms with E-state index < -0.39 is 11.9 Å². The molecule has 1 saturated carbocycles. The SMILES string of the molecule is C[C@@H](NC(=O)c1c[nH]c2ncc(-c3cccc(C(=O)CCC4CC4)c3)nc12)C(=O)N1CC(C#N)C1. The number of nitrogens with zero attached hydrogens (tertiary/aromatic N) is 4. The molecule has 5 rings (SSSR count). The normalized spacial score (nSPS) is 16.4. The van der Waals surface area contributed by atoms with E-state index in [0.29, 0.717) is 47.8 Å². The summed E-state index contributed by atoms with van der Waals surface area (Å²) >= 11 is 0. The fourth-order valence-electron chi connectivity index (χ4n) is 4.29. The highest BCUT2D eigenvalue weighted by molar-refractivity contribution is 6.06. The van der Waals surface area contributed by atoms with E-state index in [1.165, 1.54) is 19.0 Å². The number of rotatable bonds is 8. The highest BCUT2D eigenvalue weighted by Crippen LogP contribution is 2.34. The Morgan fingerprint density at radius 1 is 1.29 bits per heavy atom. The first kappa shape index (κ1) is 22.7. The van der Waals surface area contributed by atoms with Gasteiger partial charge in [-0.15, -0.1) is 0 Å². The fourth-order valence-corrected chi connectivity index (χ4v) is 4.29. The van der Waals surface area contributed by atoms with Gasteiger partial charge in [-0.2, -0.15) is 5.26 Å². The summed E-state index contributed by atoms with van der Waals surface area (Å²) in [6.45, 7) is 2.40. The number of aromatic nitrogens is 3. The molecule has 1 atom stereocenters. The number of carbonyl (C=O) groups excluding carboxylic acids is 3. The summed E-state index contributed by atoms with van der Waals surface area (Å²) in [4.78, 5) is 51.6. The zero-order valence-electron chi connectivity index (χ0n) is 19.5. The van der Waals surface area contributed by atoms with Gasteiger partial charge in [0.2, 0.25) is 5.91 Å². The molecule has 35 heavy (non-hydrogen) atoms. The van der Waals surface area contributed by atoms with Crippen molar-refractivity contribution in [3.05, 3.63) is 47.8 Å². The standard InChI is InChI=1S/C26H26N6O3/c1-15(26(35)32-13-17(10-27)14-32)30-25(34)20-11-28-24-23(20)31-21(12-29-24)18-3-2-4-19(9-18)22(33)8-7-16-5-6-16/h2-4,9,11-12,15-17H,5-8,13-14H2,1H3,(H,28,29)(H,30,34)/t15-/m1/s1. The Labute approximate surface area is 202 Å². The third-order valence-electron chi connectivity index (χ3n) is 6.68. The minimum absolute atomic E-state index is 0.122. The molecule has 2 N–H and O–H groups in total. The highest BCUT2D eigenvalue weighted by atomic mass is 16.2. The number of likely N-dealkylation sites (tertiary alicyclic amines) is 1. The first-order valence-corrected chi connectivity index (χ1v) is 11.9. The zero-order chi connectivity index (χ0) is 24.5. The molecule has 0 spiro atoms. The van der Waals surface area contributed by atoms with Crippen LogP contribution in [0.2, 0.25) is 0 Å². The van der Waals surface area contributed by atoms with Crippen LogP contribution in [0.1, 0.15) is 53.3 Å². The van der Waals surface area contributed by atoms with Gasteiger partial charge in [0.1, 0.15) is 11.6 Å². The van der Waals surface area contributed by atoms with Crippen LogP contribution in [0.25, 0.3) is 22.4 Å². The molecule has 178 valence electrons. The summed E-state index contributed by atoms with van der Waals surface area (Å²) in [5.74, 6) is 0.0177. The number of nitrogens with one attached hydrogen (secondary N) is 2. The van der Waals surface area contributed by atoms with E-state index in [9.17, 15) is 14.4 Å². The van der Waals surface area contributed by atoms with E-state index in [2.05, 4.69) is 26.3 Å². The minimum atomic E-state index is -0.735. The molecular formula is C26H26N6O3. The highest BCUT2D eigenvalue weighted by Gasteiger charge is 2.33. The number of benzene rings is 1. The van der Waals surface area contributed by atoms with Gasteiger partial charge in [-0.1, -0.05) is 31.0 Å². The maximum atomic E-state index is 12.9. The first-order chi connectivity index (χ1) is 16.9. The van der Waals surface area contributed by atoms with Gasteiger partial charge in [0.25, 0.3) is 5.91 Å². The topological polar surface area (TPSA) is 132 Å². The van der Waals surface area contributed by atoms with Gasteiger partial charge in [-0.3, -0.25) is 14.4 Å². The molecule has 0 unspecified atom stereocenters. The third-order valence-corrected chi connectivity index (χ3v) is 6.68. The summed E-state index contributed by atoms with van der Waals surface area (Å²) in [6.07, 6.45) is 7.06. The lowest BCUT2D eigenvalue weighted by Crippen LogP contribution is -2.55. The summed E-state index contributed by atoms with van der Waals surface area (Å²) < 4.78 is 0. The molecule has 9 nitrogen and oxygen atoms in total. The molecule has 0 radical (unpaired) electrons. The Morgan fingerprint density at radius 3 is 2.83 bits per heavy atom. The average molecular weight is 471 g/mol. The zero-order valence-corrected chi connectivity index (χ0v) is 19.5. The van der Waals surface area contributed by atoms with Gasteiger partial charge >= 0.3 is 0 Å². The van der Waals surface area contributed by atoms with Gasteiger partial charge in [-0.05, 0) is 25.3 Å². The monoisotopic (exact) mass is 470 g/mol. The lowest BCUT2D eigenvalue weighted by molar-refractivity contribution is -0.137. The predicted molar refractivity (Wildman–Crippen MR) is 128 cm³/mol. The van der Waals surface area contributed by atoms with Crippen LogP contribution in [-0.4, -0.2) is 56.6 Å². The average Bonchev–Trinajstić information content (AvgIpc) is 3.58. The number of ketones is 1. The van der Waals surface area contributed by atoms with E-state index in [-0.39, 0.29) is 23.2 Å². The molecule has 1 aromatic carbocycles. The molecule has 3 heterocycles. The molecule has 0 bridgehead atoms. The Morgan fingerprint density at radius 2 is 2.09 bits per heavy atom. The van der Waals surface area contributed by atoms with Crippen molar-refractivity contribution in [3.8, 4) is 17.3 Å². The fraction of sp³-hybridized carbons (Fsp3) is 0.385. The summed E-state index contributed by atoms with van der Waals surface area (Å²) in [5.41, 5.74) is 3.07. The van der Waals surface area contributed by atoms with E-state index in [0.717, 1.165) is 12.0 Å². The van der Waals surface area contributed by atoms with Crippen molar-refractivity contribution >= 4 is 28.8 Å². The lowest BCUT2D eigenvalue weighted by Gasteiger charge is -2.37. The van der Waals surface area contributed by atoms with Gasteiger partial charge in [-0.25, -0.2) is 9.97 Å². The second kappa shape index (κ2) is 9.29. The second-order valence-corrected chi connectivity index (χ2v) is 9.41. The van der Waals surface area contributed by atoms with E-state index >= 15 is 0 Å². The summed E-state index contributed by atoms with van der Waals surface area (Å²) in [6, 6.07) is 8.72. The van der Waals surface area contributed by atoms with Crippen molar-refractivity contribution in [3.63, 3.8) is 0 Å². The number of nitriles is 1. The summed E-state index contributed by atoms with van der Waals surface area (Å²) in [5, 5.41) is 11.6. The number of H-pyrrole nitrogens is 1. The molecule has 2 amide bonds. The molecule has 2 fully saturated rings. The Balaban J connectivity index is 1.32. The van der Waals surface area contributed by atoms with Crippen LogP contribution in [0.15, 0.2) is 36.7 Å². The number of hydrogen-bond acceptors (Lipinski definition) is 6. The van der Waals surface area contributed by atoms with Gasteiger partial charge < -0.3 is 15.2 Å². The Hall–Kier alpha value is -4.06. The quantitative estimate of drug-likeness (QED) is 0.486. The van der Waals surface area contributed by atoms with Gasteiger partial charge in [0, 0.05) is 36.8 Å². The summed E-state index contributed by atoms with van der Waals surface area (Å²) in [7, 11) is 0. The Kier molecular flexibility index (Phi) is 6.03. The number of fused-ring (bicyclic) bond motifs is 1. The molecular weight excluding hydrogens is 444 g/mol. The van der Waals surface area contributed by atoms with Crippen molar-refractivity contribution in [1.82, 2.24) is 25.2 Å². The molecule has 3 aromatic rings. The predicted octanol–water partition coefficient (Wildman–Crippen LogP) is 3.10. The molecule has 1 saturated heterocycles. The minimum Gasteiger partial charge on any atom is -0.344 e. The molecule has 1 aliphatic heterocycles. The second-order valence-electron chi connectivity index (χ2n) is 9.41. The van der Waals surface area contributed by atoms with Crippen molar-refractivity contribution in [1.29, 1.82) is 5.26 Å². The smallest absolute Gasteiger partial charge is 0.255 e. The molecule has 9 heteroatoms. The van der Waals surface area contributed by atoms with Crippen molar-refractivity contribution in [2.24, 2.45) is 11.8 Å². The molecule has 1 aliphatic carbocycles. The van der Waals surface area contributed by atoms with Crippen LogP contribution in [0, 0.1) is 23.2 Å². The van der Waals surface area contributed by atoms with E-state index in [1.807, 2.05) is 24.3 Å². The van der Waals surface area contributed by atoms with Crippen molar-refractivity contribution in [2.45, 2.75) is 38.6 Å². The van der Waals surface area contributed by atoms with Crippen LogP contribution >= 0.6 is 0 Å². The number of amides is 2. The van der Waals surface area contributed by atoms with Crippen LogP contribution in [-0.2, 0) is 4.79 Å². The largest absolute Gasteiger partial charge is 0.344 e. The van der Waals surface area contributed by atoms with Crippen molar-refractivity contribution in [2.75, 3.05) is 13.1 Å². The van der Waals surface area contributed by atoms with E-state index in [4.69, 9.17) is 5.26 Å². The maximum Gasteiger partial charge on any atom is 0.255 e. The van der Waals surface area contributed by atoms with Crippen LogP contribution < -0.4 is 5.32 Å². The van der Waals surface area contributed by atoms with Gasteiger partial charge in [0.05, 0.1) is 29.4 Å². The number of Topliss-reactive ketones (excluding diaryl/α,β-unsaturated/α-hetero) is 1. The number of hydrogen-bond donors (Lipinski definition) is 2. The maximum absolute atomic E-state index is 12.9. The number of carbonyl (C=O) groups is 3. The Bertz CT molecular complexity index is 1350. The van der Waals surface area contributed by atoms with Gasteiger partial charge in [0.15, 0.2) is 11.4 Å². The van der Waals surface area contributed by atoms with Crippen LogP contribution in [0.5, 0.6) is 0 Å².